The summed E-state index contributed by atoms with van der Waals surface area (Å²) in [5, 5.41) is 0. The lowest BCUT2D eigenvalue weighted by atomic mass is 9.97. The zero-order valence-electron chi connectivity index (χ0n) is 20.9. The van der Waals surface area contributed by atoms with Crippen LogP contribution in [-0.4, -0.2) is 42.7 Å². The molecule has 0 aliphatic carbocycles. The van der Waals surface area contributed by atoms with E-state index >= 15 is 0 Å². The predicted octanol–water partition coefficient (Wildman–Crippen LogP) is 5.31. The molecular formula is C28H34O6. The van der Waals surface area contributed by atoms with Crippen molar-refractivity contribution in [2.45, 2.75) is 25.7 Å². The molecule has 3 aromatic carbocycles. The monoisotopic (exact) mass is 466 g/mol. The summed E-state index contributed by atoms with van der Waals surface area (Å²) < 4.78 is 33.1. The quantitative estimate of drug-likeness (QED) is 0.361. The number of benzene rings is 3. The van der Waals surface area contributed by atoms with Crippen LogP contribution in [0.1, 0.15) is 22.3 Å². The first-order chi connectivity index (χ1) is 16.6. The van der Waals surface area contributed by atoms with Gasteiger partial charge in [0.25, 0.3) is 0 Å². The van der Waals surface area contributed by atoms with Crippen LogP contribution in [0.3, 0.4) is 0 Å². The molecule has 0 atom stereocenters. The highest BCUT2D eigenvalue weighted by atomic mass is 16.5. The van der Waals surface area contributed by atoms with Gasteiger partial charge in [-0.05, 0) is 78.3 Å². The normalized spacial score (nSPS) is 10.5. The molecule has 0 aliphatic heterocycles. The molecule has 0 heterocycles. The van der Waals surface area contributed by atoms with Crippen molar-refractivity contribution in [1.29, 1.82) is 0 Å². The molecule has 0 aromatic heterocycles. The van der Waals surface area contributed by atoms with Crippen molar-refractivity contribution in [1.82, 2.24) is 0 Å². The Kier molecular flexibility index (Phi) is 8.91. The van der Waals surface area contributed by atoms with Crippen molar-refractivity contribution in [3.63, 3.8) is 0 Å². The Hall–Kier alpha value is -3.54. The molecule has 0 saturated carbocycles. The van der Waals surface area contributed by atoms with Crippen LogP contribution in [0.15, 0.2) is 48.5 Å². The lowest BCUT2D eigenvalue weighted by Crippen LogP contribution is -2.02. The minimum Gasteiger partial charge on any atom is -0.497 e. The van der Waals surface area contributed by atoms with Crippen molar-refractivity contribution in [2.75, 3.05) is 42.7 Å². The average molecular weight is 467 g/mol. The molecule has 6 nitrogen and oxygen atoms in total. The van der Waals surface area contributed by atoms with E-state index in [1.165, 1.54) is 5.56 Å². The standard InChI is InChI=1S/C28H34O6/c1-29-23-13-9-19(10-14-23)7-11-21-17-22(25(31-3)18-24(21)30-2)12-8-20-15-26(32-4)28(34-6)27(16-20)33-5/h9-10,13-18H,7-8,11-12H2,1-6H3. The molecule has 0 unspecified atom stereocenters. The van der Waals surface area contributed by atoms with Crippen LogP contribution in [-0.2, 0) is 25.7 Å². The summed E-state index contributed by atoms with van der Waals surface area (Å²) in [4.78, 5) is 0. The van der Waals surface area contributed by atoms with E-state index in [9.17, 15) is 0 Å². The molecule has 3 rings (SSSR count). The molecule has 0 spiro atoms. The van der Waals surface area contributed by atoms with Gasteiger partial charge < -0.3 is 28.4 Å². The number of hydrogen-bond acceptors (Lipinski definition) is 6. The van der Waals surface area contributed by atoms with Gasteiger partial charge >= 0.3 is 0 Å². The third kappa shape index (κ3) is 5.87. The van der Waals surface area contributed by atoms with Crippen LogP contribution in [0, 0.1) is 0 Å². The van der Waals surface area contributed by atoms with Crippen molar-refractivity contribution in [3.05, 3.63) is 70.8 Å². The molecule has 0 radical (unpaired) electrons. The number of methoxy groups -OCH3 is 6. The summed E-state index contributed by atoms with van der Waals surface area (Å²) in [5.74, 6) is 4.41. The van der Waals surface area contributed by atoms with Crippen LogP contribution >= 0.6 is 0 Å². The first-order valence-corrected chi connectivity index (χ1v) is 11.2. The minimum atomic E-state index is 0.594. The molecule has 6 heteroatoms. The van der Waals surface area contributed by atoms with Gasteiger partial charge in [0.2, 0.25) is 5.75 Å². The fourth-order valence-electron chi connectivity index (χ4n) is 4.06. The van der Waals surface area contributed by atoms with Gasteiger partial charge in [0, 0.05) is 6.07 Å². The first kappa shape index (κ1) is 25.1. The number of aryl methyl sites for hydroxylation is 4. The zero-order chi connectivity index (χ0) is 24.5. The minimum absolute atomic E-state index is 0.594. The van der Waals surface area contributed by atoms with Gasteiger partial charge in [-0.15, -0.1) is 0 Å². The fourth-order valence-corrected chi connectivity index (χ4v) is 4.06. The Morgan fingerprint density at radius 2 is 0.941 bits per heavy atom. The maximum atomic E-state index is 5.68. The van der Waals surface area contributed by atoms with Crippen LogP contribution in [0.5, 0.6) is 34.5 Å². The molecule has 0 bridgehead atoms. The highest BCUT2D eigenvalue weighted by Gasteiger charge is 2.15. The van der Waals surface area contributed by atoms with Crippen LogP contribution < -0.4 is 28.4 Å². The molecule has 34 heavy (non-hydrogen) atoms. The van der Waals surface area contributed by atoms with Crippen LogP contribution in [0.4, 0.5) is 0 Å². The second kappa shape index (κ2) is 12.1. The maximum Gasteiger partial charge on any atom is 0.203 e. The van der Waals surface area contributed by atoms with Crippen molar-refractivity contribution in [2.24, 2.45) is 0 Å². The van der Waals surface area contributed by atoms with E-state index in [-0.39, 0.29) is 0 Å². The van der Waals surface area contributed by atoms with Crippen LogP contribution in [0.2, 0.25) is 0 Å². The Balaban J connectivity index is 1.82. The van der Waals surface area contributed by atoms with Gasteiger partial charge in [-0.3, -0.25) is 0 Å². The molecule has 0 fully saturated rings. The van der Waals surface area contributed by atoms with Gasteiger partial charge in [0.1, 0.15) is 17.2 Å². The van der Waals surface area contributed by atoms with Gasteiger partial charge in [0.05, 0.1) is 42.7 Å². The molecule has 0 aliphatic rings. The van der Waals surface area contributed by atoms with Crippen molar-refractivity contribution < 1.29 is 28.4 Å². The van der Waals surface area contributed by atoms with E-state index in [4.69, 9.17) is 28.4 Å². The van der Waals surface area contributed by atoms with E-state index in [1.54, 1.807) is 42.7 Å². The molecule has 182 valence electrons. The van der Waals surface area contributed by atoms with E-state index in [0.29, 0.717) is 17.2 Å². The van der Waals surface area contributed by atoms with Gasteiger partial charge in [0.15, 0.2) is 11.5 Å². The number of rotatable bonds is 12. The largest absolute Gasteiger partial charge is 0.497 e. The van der Waals surface area contributed by atoms with E-state index in [0.717, 1.165) is 59.6 Å². The van der Waals surface area contributed by atoms with E-state index < -0.39 is 0 Å². The number of ether oxygens (including phenoxy) is 6. The zero-order valence-corrected chi connectivity index (χ0v) is 20.9. The second-order valence-electron chi connectivity index (χ2n) is 7.86. The lowest BCUT2D eigenvalue weighted by molar-refractivity contribution is 0.324. The summed E-state index contributed by atoms with van der Waals surface area (Å²) in [6.45, 7) is 0. The smallest absolute Gasteiger partial charge is 0.203 e. The van der Waals surface area contributed by atoms with Crippen molar-refractivity contribution >= 4 is 0 Å². The van der Waals surface area contributed by atoms with E-state index in [2.05, 4.69) is 18.2 Å². The summed E-state index contributed by atoms with van der Waals surface area (Å²) in [6, 6.07) is 16.3. The average Bonchev–Trinajstić information content (AvgIpc) is 2.89. The number of hydrogen-bond donors (Lipinski definition) is 0. The Bertz CT molecular complexity index is 1050. The van der Waals surface area contributed by atoms with Crippen molar-refractivity contribution in [3.8, 4) is 34.5 Å². The van der Waals surface area contributed by atoms with Crippen LogP contribution in [0.25, 0.3) is 0 Å². The molecule has 0 N–H and O–H groups in total. The van der Waals surface area contributed by atoms with Gasteiger partial charge in [-0.1, -0.05) is 12.1 Å². The third-order valence-electron chi connectivity index (χ3n) is 5.93. The summed E-state index contributed by atoms with van der Waals surface area (Å²) in [7, 11) is 9.92. The summed E-state index contributed by atoms with van der Waals surface area (Å²) in [5.41, 5.74) is 4.62. The highest BCUT2D eigenvalue weighted by Crippen LogP contribution is 2.39. The Labute approximate surface area is 202 Å². The first-order valence-electron chi connectivity index (χ1n) is 11.2. The topological polar surface area (TPSA) is 55.4 Å². The van der Waals surface area contributed by atoms with Gasteiger partial charge in [-0.2, -0.15) is 0 Å². The second-order valence-corrected chi connectivity index (χ2v) is 7.86. The summed E-state index contributed by atoms with van der Waals surface area (Å²) in [6.07, 6.45) is 3.34. The highest BCUT2D eigenvalue weighted by molar-refractivity contribution is 5.54. The Morgan fingerprint density at radius 3 is 1.38 bits per heavy atom. The molecule has 0 amide bonds. The lowest BCUT2D eigenvalue weighted by Gasteiger charge is -2.16. The SMILES string of the molecule is COc1ccc(CCc2cc(CCc3cc(OC)c(OC)c(OC)c3)c(OC)cc2OC)cc1. The molecule has 0 saturated heterocycles. The molecular weight excluding hydrogens is 432 g/mol. The molecule has 3 aromatic rings. The predicted molar refractivity (Wildman–Crippen MR) is 133 cm³/mol. The third-order valence-corrected chi connectivity index (χ3v) is 5.93. The van der Waals surface area contributed by atoms with Gasteiger partial charge in [-0.25, -0.2) is 0 Å². The fraction of sp³-hybridized carbons (Fsp3) is 0.357. The maximum absolute atomic E-state index is 5.68. The summed E-state index contributed by atoms with van der Waals surface area (Å²) >= 11 is 0. The van der Waals surface area contributed by atoms with E-state index in [1.807, 2.05) is 30.3 Å². The Morgan fingerprint density at radius 1 is 0.441 bits per heavy atom.